The summed E-state index contributed by atoms with van der Waals surface area (Å²) >= 11 is 3.11. The van der Waals surface area contributed by atoms with Crippen molar-refractivity contribution in [2.75, 3.05) is 0 Å². The van der Waals surface area contributed by atoms with Crippen molar-refractivity contribution in [1.29, 1.82) is 0 Å². The highest BCUT2D eigenvalue weighted by atomic mass is 79.9. The van der Waals surface area contributed by atoms with Crippen molar-refractivity contribution in [3.63, 3.8) is 0 Å². The summed E-state index contributed by atoms with van der Waals surface area (Å²) in [5, 5.41) is 11.4. The minimum Gasteiger partial charge on any atom is -0.480 e. The van der Waals surface area contributed by atoms with E-state index in [1.807, 2.05) is 0 Å². The second kappa shape index (κ2) is 5.35. The third-order valence-corrected chi connectivity index (χ3v) is 2.70. The Labute approximate surface area is 107 Å². The summed E-state index contributed by atoms with van der Waals surface area (Å²) in [6, 6.07) is 0.728. The summed E-state index contributed by atoms with van der Waals surface area (Å²) in [7, 11) is 0. The van der Waals surface area contributed by atoms with Gasteiger partial charge < -0.3 is 14.8 Å². The summed E-state index contributed by atoms with van der Waals surface area (Å²) in [6.07, 6.45) is 0. The molecule has 0 radical (unpaired) electrons. The van der Waals surface area contributed by atoms with Crippen LogP contribution in [0.25, 0.3) is 0 Å². The van der Waals surface area contributed by atoms with Crippen LogP contribution in [0.2, 0.25) is 0 Å². The first-order chi connectivity index (χ1) is 7.82. The molecule has 5 nitrogen and oxygen atoms in total. The molecule has 6 heteroatoms. The van der Waals surface area contributed by atoms with Crippen LogP contribution in [-0.4, -0.2) is 23.0 Å². The zero-order valence-corrected chi connectivity index (χ0v) is 11.4. The molecule has 0 aliphatic rings. The number of carbonyl (C=O) groups is 2. The van der Waals surface area contributed by atoms with Gasteiger partial charge in [0.2, 0.25) is 0 Å². The maximum absolute atomic E-state index is 11.8. The molecule has 1 rings (SSSR count). The first kappa shape index (κ1) is 13.8. The SMILES string of the molecule is Cc1cc(Br)oc1C(=O)N[C@@H](C(=O)O)C(C)C. The molecule has 0 fully saturated rings. The van der Waals surface area contributed by atoms with Gasteiger partial charge in [-0.3, -0.25) is 4.79 Å². The number of amides is 1. The first-order valence-electron chi connectivity index (χ1n) is 5.12. The molecule has 94 valence electrons. The van der Waals surface area contributed by atoms with Gasteiger partial charge in [0.05, 0.1) is 0 Å². The molecule has 0 spiro atoms. The lowest BCUT2D eigenvalue weighted by molar-refractivity contribution is -0.140. The zero-order chi connectivity index (χ0) is 13.2. The summed E-state index contributed by atoms with van der Waals surface area (Å²) < 4.78 is 5.59. The topological polar surface area (TPSA) is 79.5 Å². The number of hydrogen-bond donors (Lipinski definition) is 2. The molecular formula is C11H14BrNO4. The molecule has 0 bridgehead atoms. The normalized spacial score (nSPS) is 12.5. The van der Waals surface area contributed by atoms with Crippen molar-refractivity contribution in [3.05, 3.63) is 22.1 Å². The van der Waals surface area contributed by atoms with E-state index in [1.165, 1.54) is 0 Å². The Morgan fingerprint density at radius 1 is 1.47 bits per heavy atom. The Kier molecular flexibility index (Phi) is 4.34. The molecule has 1 aromatic rings. The predicted molar refractivity (Wildman–Crippen MR) is 64.9 cm³/mol. The van der Waals surface area contributed by atoms with Gasteiger partial charge in [-0.05, 0) is 34.8 Å². The number of carboxylic acid groups (broad SMARTS) is 1. The smallest absolute Gasteiger partial charge is 0.326 e. The van der Waals surface area contributed by atoms with Crippen molar-refractivity contribution in [1.82, 2.24) is 5.32 Å². The van der Waals surface area contributed by atoms with Crippen LogP contribution < -0.4 is 5.32 Å². The molecule has 1 atom stereocenters. The van der Waals surface area contributed by atoms with E-state index in [9.17, 15) is 9.59 Å². The van der Waals surface area contributed by atoms with E-state index >= 15 is 0 Å². The van der Waals surface area contributed by atoms with Crippen LogP contribution in [0.4, 0.5) is 0 Å². The van der Waals surface area contributed by atoms with Gasteiger partial charge in [-0.1, -0.05) is 13.8 Å². The summed E-state index contributed by atoms with van der Waals surface area (Å²) in [5.41, 5.74) is 0.655. The molecule has 0 aliphatic heterocycles. The van der Waals surface area contributed by atoms with Crippen molar-refractivity contribution >= 4 is 27.8 Å². The van der Waals surface area contributed by atoms with Crippen LogP contribution in [-0.2, 0) is 4.79 Å². The van der Waals surface area contributed by atoms with E-state index < -0.39 is 17.9 Å². The summed E-state index contributed by atoms with van der Waals surface area (Å²) in [4.78, 5) is 22.8. The van der Waals surface area contributed by atoms with Gasteiger partial charge in [0.15, 0.2) is 10.4 Å². The highest BCUT2D eigenvalue weighted by molar-refractivity contribution is 9.10. The van der Waals surface area contributed by atoms with Crippen LogP contribution in [0.1, 0.15) is 30.0 Å². The largest absolute Gasteiger partial charge is 0.480 e. The standard InChI is InChI=1S/C11H14BrNO4/c1-5(2)8(11(15)16)13-10(14)9-6(3)4-7(12)17-9/h4-5,8H,1-3H3,(H,13,14)(H,15,16)/t8-/m1/s1. The van der Waals surface area contributed by atoms with E-state index in [4.69, 9.17) is 9.52 Å². The number of rotatable bonds is 4. The number of nitrogens with one attached hydrogen (secondary N) is 1. The number of aliphatic carboxylic acids is 1. The Bertz CT molecular complexity index is 439. The van der Waals surface area contributed by atoms with Gasteiger partial charge in [-0.25, -0.2) is 4.79 Å². The number of furan rings is 1. The number of halogens is 1. The third-order valence-electron chi connectivity index (χ3n) is 2.31. The molecule has 0 unspecified atom stereocenters. The molecular weight excluding hydrogens is 290 g/mol. The van der Waals surface area contributed by atoms with Gasteiger partial charge in [-0.2, -0.15) is 0 Å². The van der Waals surface area contributed by atoms with Crippen LogP contribution in [0.5, 0.6) is 0 Å². The molecule has 1 amide bonds. The van der Waals surface area contributed by atoms with Crippen LogP contribution in [0.3, 0.4) is 0 Å². The van der Waals surface area contributed by atoms with Crippen LogP contribution in [0.15, 0.2) is 15.2 Å². The Balaban J connectivity index is 2.85. The lowest BCUT2D eigenvalue weighted by Gasteiger charge is -2.17. The van der Waals surface area contributed by atoms with E-state index in [1.54, 1.807) is 26.8 Å². The van der Waals surface area contributed by atoms with Crippen molar-refractivity contribution in [2.45, 2.75) is 26.8 Å². The molecule has 0 saturated heterocycles. The fraction of sp³-hybridized carbons (Fsp3) is 0.455. The lowest BCUT2D eigenvalue weighted by Crippen LogP contribution is -2.44. The number of hydrogen-bond acceptors (Lipinski definition) is 3. The molecule has 0 aliphatic carbocycles. The second-order valence-corrected chi connectivity index (χ2v) is 4.88. The fourth-order valence-corrected chi connectivity index (χ4v) is 1.89. The minimum absolute atomic E-state index is 0.128. The molecule has 0 saturated carbocycles. The highest BCUT2D eigenvalue weighted by Crippen LogP contribution is 2.19. The molecule has 1 heterocycles. The van der Waals surface area contributed by atoms with E-state index in [0.717, 1.165) is 0 Å². The number of aryl methyl sites for hydroxylation is 1. The Morgan fingerprint density at radius 3 is 2.41 bits per heavy atom. The van der Waals surface area contributed by atoms with Gasteiger partial charge in [0, 0.05) is 5.56 Å². The Hall–Kier alpha value is -1.30. The number of carboxylic acids is 1. The maximum Gasteiger partial charge on any atom is 0.326 e. The van der Waals surface area contributed by atoms with Gasteiger partial charge in [0.25, 0.3) is 5.91 Å². The van der Waals surface area contributed by atoms with Gasteiger partial charge >= 0.3 is 5.97 Å². The predicted octanol–water partition coefficient (Wildman–Crippen LogP) is 2.19. The zero-order valence-electron chi connectivity index (χ0n) is 9.78. The van der Waals surface area contributed by atoms with Gasteiger partial charge in [0.1, 0.15) is 6.04 Å². The first-order valence-corrected chi connectivity index (χ1v) is 5.91. The van der Waals surface area contributed by atoms with E-state index in [0.29, 0.717) is 10.2 Å². The molecule has 1 aromatic heterocycles. The summed E-state index contributed by atoms with van der Waals surface area (Å²) in [5.74, 6) is -1.65. The van der Waals surface area contributed by atoms with Crippen LogP contribution >= 0.6 is 15.9 Å². The average Bonchev–Trinajstić information content (AvgIpc) is 2.53. The molecule has 17 heavy (non-hydrogen) atoms. The average molecular weight is 304 g/mol. The van der Waals surface area contributed by atoms with E-state index in [2.05, 4.69) is 21.2 Å². The second-order valence-electron chi connectivity index (χ2n) is 4.10. The Morgan fingerprint density at radius 2 is 2.06 bits per heavy atom. The minimum atomic E-state index is -1.06. The van der Waals surface area contributed by atoms with E-state index in [-0.39, 0.29) is 11.7 Å². The van der Waals surface area contributed by atoms with Crippen LogP contribution in [0, 0.1) is 12.8 Å². The summed E-state index contributed by atoms with van der Waals surface area (Å²) in [6.45, 7) is 5.17. The van der Waals surface area contributed by atoms with Crippen molar-refractivity contribution < 1.29 is 19.1 Å². The quantitative estimate of drug-likeness (QED) is 0.893. The fourth-order valence-electron chi connectivity index (χ4n) is 1.39. The third kappa shape index (κ3) is 3.33. The maximum atomic E-state index is 11.8. The van der Waals surface area contributed by atoms with Crippen molar-refractivity contribution in [2.24, 2.45) is 5.92 Å². The molecule has 0 aromatic carbocycles. The highest BCUT2D eigenvalue weighted by Gasteiger charge is 2.26. The van der Waals surface area contributed by atoms with Gasteiger partial charge in [-0.15, -0.1) is 0 Å². The lowest BCUT2D eigenvalue weighted by atomic mass is 10.0. The monoisotopic (exact) mass is 303 g/mol. The van der Waals surface area contributed by atoms with Crippen molar-refractivity contribution in [3.8, 4) is 0 Å². The number of carbonyl (C=O) groups excluding carboxylic acids is 1. The molecule has 2 N–H and O–H groups in total.